The average molecular weight is 268 g/mol. The quantitative estimate of drug-likeness (QED) is 0.911. The second-order valence-corrected chi connectivity index (χ2v) is 5.55. The molecule has 1 aliphatic heterocycles. The number of piperazine rings is 1. The van der Waals surface area contributed by atoms with Gasteiger partial charge in [0.1, 0.15) is 0 Å². The molecule has 1 heterocycles. The van der Waals surface area contributed by atoms with E-state index in [2.05, 4.69) is 29.8 Å². The smallest absolute Gasteiger partial charge is 0.0429 e. The van der Waals surface area contributed by atoms with Crippen molar-refractivity contribution in [1.29, 1.82) is 0 Å². The lowest BCUT2D eigenvalue weighted by atomic mass is 10.1. The zero-order valence-electron chi connectivity index (χ0n) is 11.2. The van der Waals surface area contributed by atoms with Gasteiger partial charge in [-0.15, -0.1) is 0 Å². The molecule has 0 aliphatic carbocycles. The molecule has 4 heteroatoms. The second kappa shape index (κ2) is 5.91. The lowest BCUT2D eigenvalue weighted by Gasteiger charge is -2.42. The molecule has 1 unspecified atom stereocenters. The highest BCUT2D eigenvalue weighted by molar-refractivity contribution is 6.30. The number of nitrogens with zero attached hydrogens (tertiary/aromatic N) is 2. The van der Waals surface area contributed by atoms with Gasteiger partial charge in [-0.3, -0.25) is 0 Å². The highest BCUT2D eigenvalue weighted by atomic mass is 35.5. The van der Waals surface area contributed by atoms with Gasteiger partial charge in [0.25, 0.3) is 0 Å². The minimum Gasteiger partial charge on any atom is -0.366 e. The number of halogens is 1. The van der Waals surface area contributed by atoms with E-state index in [0.29, 0.717) is 6.04 Å². The normalized spacial score (nSPS) is 21.3. The molecule has 1 aromatic rings. The first-order valence-corrected chi connectivity index (χ1v) is 6.91. The maximum Gasteiger partial charge on any atom is 0.0429 e. The first-order chi connectivity index (χ1) is 8.61. The van der Waals surface area contributed by atoms with Gasteiger partial charge in [-0.25, -0.2) is 0 Å². The fraction of sp³-hybridized carbons (Fsp3) is 0.571. The summed E-state index contributed by atoms with van der Waals surface area (Å²) >= 11 is 6.03. The van der Waals surface area contributed by atoms with Crippen LogP contribution in [0.5, 0.6) is 0 Å². The number of hydrogen-bond donors (Lipinski definition) is 1. The summed E-state index contributed by atoms with van der Waals surface area (Å²) in [7, 11) is 2.18. The number of anilines is 1. The number of benzene rings is 1. The van der Waals surface area contributed by atoms with Crippen molar-refractivity contribution in [3.05, 3.63) is 28.8 Å². The van der Waals surface area contributed by atoms with Gasteiger partial charge in [-0.2, -0.15) is 0 Å². The first kappa shape index (κ1) is 13.7. The molecule has 0 radical (unpaired) electrons. The molecule has 1 aliphatic rings. The Morgan fingerprint density at radius 1 is 1.39 bits per heavy atom. The van der Waals surface area contributed by atoms with Gasteiger partial charge in [0.2, 0.25) is 0 Å². The number of likely N-dealkylation sites (N-methyl/N-ethyl adjacent to an activating group) is 1. The van der Waals surface area contributed by atoms with Crippen molar-refractivity contribution >= 4 is 17.3 Å². The van der Waals surface area contributed by atoms with E-state index in [4.69, 9.17) is 17.3 Å². The molecule has 0 spiro atoms. The first-order valence-electron chi connectivity index (χ1n) is 6.53. The van der Waals surface area contributed by atoms with Crippen molar-refractivity contribution < 1.29 is 0 Å². The Bertz CT molecular complexity index is 408. The van der Waals surface area contributed by atoms with Crippen molar-refractivity contribution in [3.8, 4) is 0 Å². The van der Waals surface area contributed by atoms with Crippen LogP contribution in [-0.4, -0.2) is 44.2 Å². The highest BCUT2D eigenvalue weighted by Gasteiger charge is 2.25. The van der Waals surface area contributed by atoms with Crippen LogP contribution < -0.4 is 10.6 Å². The van der Waals surface area contributed by atoms with Crippen molar-refractivity contribution in [2.24, 2.45) is 5.73 Å². The van der Waals surface area contributed by atoms with Crippen molar-refractivity contribution in [2.45, 2.75) is 19.4 Å². The van der Waals surface area contributed by atoms with E-state index in [1.165, 1.54) is 11.3 Å². The number of aryl methyl sites for hydroxylation is 1. The summed E-state index contributed by atoms with van der Waals surface area (Å²) in [6.45, 7) is 6.10. The highest BCUT2D eigenvalue weighted by Crippen LogP contribution is 2.27. The molecule has 2 N–H and O–H groups in total. The van der Waals surface area contributed by atoms with Crippen LogP contribution in [0.15, 0.2) is 18.2 Å². The fourth-order valence-corrected chi connectivity index (χ4v) is 2.94. The van der Waals surface area contributed by atoms with Gasteiger partial charge >= 0.3 is 0 Å². The van der Waals surface area contributed by atoms with Crippen molar-refractivity contribution in [2.75, 3.05) is 38.1 Å². The standard InChI is InChI=1S/C14H22ClN3/c1-11-9-12(15)3-4-14(11)18-8-7-17(2)10-13(18)5-6-16/h3-4,9,13H,5-8,10,16H2,1-2H3. The van der Waals surface area contributed by atoms with Crippen LogP contribution in [0.25, 0.3) is 0 Å². The third-order valence-electron chi connectivity index (χ3n) is 3.65. The number of nitrogens with two attached hydrogens (primary N) is 1. The monoisotopic (exact) mass is 267 g/mol. The van der Waals surface area contributed by atoms with E-state index in [1.54, 1.807) is 0 Å². The van der Waals surface area contributed by atoms with Crippen LogP contribution >= 0.6 is 11.6 Å². The number of hydrogen-bond acceptors (Lipinski definition) is 3. The average Bonchev–Trinajstić information content (AvgIpc) is 2.31. The topological polar surface area (TPSA) is 32.5 Å². The Morgan fingerprint density at radius 3 is 2.83 bits per heavy atom. The Hall–Kier alpha value is -0.770. The molecular weight excluding hydrogens is 246 g/mol. The van der Waals surface area contributed by atoms with Gasteiger partial charge in [-0.05, 0) is 50.7 Å². The summed E-state index contributed by atoms with van der Waals surface area (Å²) in [6, 6.07) is 6.65. The van der Waals surface area contributed by atoms with Gasteiger partial charge in [0, 0.05) is 36.4 Å². The van der Waals surface area contributed by atoms with E-state index >= 15 is 0 Å². The van der Waals surface area contributed by atoms with Crippen LogP contribution in [0, 0.1) is 6.92 Å². The molecule has 1 aromatic carbocycles. The largest absolute Gasteiger partial charge is 0.366 e. The summed E-state index contributed by atoms with van der Waals surface area (Å²) in [5, 5.41) is 0.806. The minimum atomic E-state index is 0.508. The molecular formula is C14H22ClN3. The molecule has 0 aromatic heterocycles. The Morgan fingerprint density at radius 2 is 2.17 bits per heavy atom. The Labute approximate surface area is 115 Å². The summed E-state index contributed by atoms with van der Waals surface area (Å²) in [4.78, 5) is 4.86. The van der Waals surface area contributed by atoms with Gasteiger partial charge < -0.3 is 15.5 Å². The zero-order chi connectivity index (χ0) is 13.1. The molecule has 1 saturated heterocycles. The van der Waals surface area contributed by atoms with Crippen LogP contribution in [-0.2, 0) is 0 Å². The molecule has 100 valence electrons. The van der Waals surface area contributed by atoms with Crippen LogP contribution in [0.3, 0.4) is 0 Å². The van der Waals surface area contributed by atoms with E-state index in [-0.39, 0.29) is 0 Å². The zero-order valence-corrected chi connectivity index (χ0v) is 12.0. The van der Waals surface area contributed by atoms with E-state index in [0.717, 1.165) is 37.6 Å². The number of rotatable bonds is 3. The molecule has 1 fully saturated rings. The third-order valence-corrected chi connectivity index (χ3v) is 3.89. The molecule has 1 atom stereocenters. The summed E-state index contributed by atoms with van der Waals surface area (Å²) in [6.07, 6.45) is 1.03. The van der Waals surface area contributed by atoms with E-state index in [9.17, 15) is 0 Å². The van der Waals surface area contributed by atoms with Crippen molar-refractivity contribution in [3.63, 3.8) is 0 Å². The lowest BCUT2D eigenvalue weighted by Crippen LogP contribution is -2.52. The van der Waals surface area contributed by atoms with Crippen LogP contribution in [0.2, 0.25) is 5.02 Å². The van der Waals surface area contributed by atoms with Gasteiger partial charge in [0.15, 0.2) is 0 Å². The molecule has 2 rings (SSSR count). The van der Waals surface area contributed by atoms with Gasteiger partial charge in [0.05, 0.1) is 0 Å². The molecule has 3 nitrogen and oxygen atoms in total. The Balaban J connectivity index is 2.23. The SMILES string of the molecule is Cc1cc(Cl)ccc1N1CCN(C)CC1CCN. The predicted octanol–water partition coefficient (Wildman–Crippen LogP) is 2.12. The van der Waals surface area contributed by atoms with Crippen LogP contribution in [0.1, 0.15) is 12.0 Å². The van der Waals surface area contributed by atoms with Crippen molar-refractivity contribution in [1.82, 2.24) is 4.90 Å². The van der Waals surface area contributed by atoms with Crippen LogP contribution in [0.4, 0.5) is 5.69 Å². The maximum atomic E-state index is 6.03. The summed E-state index contributed by atoms with van der Waals surface area (Å²) in [5.41, 5.74) is 8.28. The van der Waals surface area contributed by atoms with Gasteiger partial charge in [-0.1, -0.05) is 11.6 Å². The molecule has 18 heavy (non-hydrogen) atoms. The second-order valence-electron chi connectivity index (χ2n) is 5.12. The fourth-order valence-electron chi connectivity index (χ4n) is 2.71. The molecule has 0 amide bonds. The maximum absolute atomic E-state index is 6.03. The third kappa shape index (κ3) is 2.97. The lowest BCUT2D eigenvalue weighted by molar-refractivity contribution is 0.261. The van der Waals surface area contributed by atoms with E-state index < -0.39 is 0 Å². The van der Waals surface area contributed by atoms with E-state index in [1.807, 2.05) is 12.1 Å². The summed E-state index contributed by atoms with van der Waals surface area (Å²) < 4.78 is 0. The minimum absolute atomic E-state index is 0.508. The Kier molecular flexibility index (Phi) is 4.49. The molecule has 0 saturated carbocycles. The predicted molar refractivity (Wildman–Crippen MR) is 78.5 cm³/mol. The molecule has 0 bridgehead atoms. The summed E-state index contributed by atoms with van der Waals surface area (Å²) in [5.74, 6) is 0.